The molecule has 3 N–H and O–H groups in total. The van der Waals surface area contributed by atoms with Gasteiger partial charge in [0.1, 0.15) is 0 Å². The summed E-state index contributed by atoms with van der Waals surface area (Å²) in [5, 5.41) is 18.7. The van der Waals surface area contributed by atoms with Crippen LogP contribution in [0, 0.1) is 0 Å². The minimum absolute atomic E-state index is 0.165. The van der Waals surface area contributed by atoms with E-state index in [2.05, 4.69) is 6.92 Å². The van der Waals surface area contributed by atoms with E-state index >= 15 is 0 Å². The van der Waals surface area contributed by atoms with Crippen molar-refractivity contribution in [3.05, 3.63) is 0 Å². The zero-order chi connectivity index (χ0) is 20.9. The van der Waals surface area contributed by atoms with Gasteiger partial charge < -0.3 is 14.9 Å². The maximum Gasteiger partial charge on any atom is 0.335 e. The fourth-order valence-electron chi connectivity index (χ4n) is 3.17. The Bertz CT molecular complexity index is 546. The zero-order valence-corrected chi connectivity index (χ0v) is 17.2. The molecule has 8 nitrogen and oxygen atoms in total. The van der Waals surface area contributed by atoms with E-state index in [-0.39, 0.29) is 13.0 Å². The van der Waals surface area contributed by atoms with Crippen LogP contribution in [0.25, 0.3) is 0 Å². The largest absolute Gasteiger partial charge is 0.480 e. The first-order valence-corrected chi connectivity index (χ1v) is 11.1. The molecule has 2 atom stereocenters. The molecule has 9 heteroatoms. The number of carboxylic acid groups (broad SMARTS) is 2. The Morgan fingerprint density at radius 1 is 0.889 bits per heavy atom. The minimum atomic E-state index is -5.21. The third-order valence-corrected chi connectivity index (χ3v) is 6.22. The first kappa shape index (κ1) is 25.8. The van der Waals surface area contributed by atoms with Crippen LogP contribution < -0.4 is 0 Å². The molecule has 0 aromatic heterocycles. The second-order valence-electron chi connectivity index (χ2n) is 6.78. The van der Waals surface area contributed by atoms with Crippen molar-refractivity contribution in [2.45, 2.75) is 95.3 Å². The lowest BCUT2D eigenvalue weighted by molar-refractivity contribution is -0.161. The number of hydrogen-bond acceptors (Lipinski definition) is 5. The van der Waals surface area contributed by atoms with Gasteiger partial charge in [-0.3, -0.25) is 9.35 Å². The van der Waals surface area contributed by atoms with Crippen molar-refractivity contribution in [3.8, 4) is 0 Å². The standard InChI is InChI=1S/C18H34O8S/c1-3-5-6-7-8-9-10-11-12-13-14-18(17(21)22,27(23,24)25)15(16(19)20)26-4-2/h15H,3-14H2,1-2H3,(H,19,20)(H,21,22)(H,23,24,25). The molecule has 0 saturated carbocycles. The molecule has 0 aromatic carbocycles. The summed E-state index contributed by atoms with van der Waals surface area (Å²) in [6.07, 6.45) is 6.80. The van der Waals surface area contributed by atoms with Gasteiger partial charge in [-0.1, -0.05) is 71.1 Å². The fraction of sp³-hybridized carbons (Fsp3) is 0.889. The van der Waals surface area contributed by atoms with Crippen LogP contribution in [0.5, 0.6) is 0 Å². The van der Waals surface area contributed by atoms with Crippen LogP contribution in [0.4, 0.5) is 0 Å². The van der Waals surface area contributed by atoms with Crippen LogP contribution in [-0.2, 0) is 24.4 Å². The summed E-state index contributed by atoms with van der Waals surface area (Å²) in [4.78, 5) is 23.1. The molecule has 0 heterocycles. The van der Waals surface area contributed by atoms with Gasteiger partial charge >= 0.3 is 11.9 Å². The predicted octanol–water partition coefficient (Wildman–Crippen LogP) is 3.50. The van der Waals surface area contributed by atoms with E-state index in [1.165, 1.54) is 32.6 Å². The normalized spacial score (nSPS) is 15.2. The Morgan fingerprint density at radius 2 is 1.33 bits per heavy atom. The first-order chi connectivity index (χ1) is 12.6. The van der Waals surface area contributed by atoms with Crippen molar-refractivity contribution in [1.82, 2.24) is 0 Å². The molecular weight excluding hydrogens is 376 g/mol. The molecule has 0 amide bonds. The fourth-order valence-corrected chi connectivity index (χ4v) is 4.23. The molecule has 0 aliphatic heterocycles. The Labute approximate surface area is 162 Å². The average molecular weight is 411 g/mol. The molecule has 0 aliphatic rings. The van der Waals surface area contributed by atoms with E-state index < -0.39 is 39.3 Å². The molecule has 0 spiro atoms. The number of hydrogen-bond donors (Lipinski definition) is 3. The summed E-state index contributed by atoms with van der Waals surface area (Å²) in [5.41, 5.74) is 0. The lowest BCUT2D eigenvalue weighted by Gasteiger charge is -2.31. The summed E-state index contributed by atoms with van der Waals surface area (Å²) >= 11 is 0. The molecule has 27 heavy (non-hydrogen) atoms. The van der Waals surface area contributed by atoms with Crippen LogP contribution in [-0.4, -0.2) is 52.6 Å². The maximum atomic E-state index is 11.8. The molecule has 0 saturated heterocycles. The van der Waals surface area contributed by atoms with E-state index in [4.69, 9.17) is 4.74 Å². The molecule has 0 fully saturated rings. The second kappa shape index (κ2) is 13.1. The Balaban J connectivity index is 4.77. The molecular formula is C18H34O8S. The third kappa shape index (κ3) is 8.15. The third-order valence-electron chi connectivity index (χ3n) is 4.71. The average Bonchev–Trinajstić information content (AvgIpc) is 2.56. The Kier molecular flexibility index (Phi) is 12.5. The van der Waals surface area contributed by atoms with Crippen molar-refractivity contribution in [3.63, 3.8) is 0 Å². The maximum absolute atomic E-state index is 11.8. The molecule has 0 rings (SSSR count). The summed E-state index contributed by atoms with van der Waals surface area (Å²) in [7, 11) is -5.21. The smallest absolute Gasteiger partial charge is 0.335 e. The molecule has 0 aromatic rings. The number of carboxylic acids is 2. The number of aliphatic carboxylic acids is 2. The summed E-state index contributed by atoms with van der Waals surface area (Å²) in [6.45, 7) is 3.39. The topological polar surface area (TPSA) is 138 Å². The highest BCUT2D eigenvalue weighted by Crippen LogP contribution is 2.31. The Hall–Kier alpha value is -1.19. The number of rotatable bonds is 17. The summed E-state index contributed by atoms with van der Waals surface area (Å²) < 4.78 is 35.2. The highest BCUT2D eigenvalue weighted by molar-refractivity contribution is 7.88. The number of ether oxygens (including phenoxy) is 1. The van der Waals surface area contributed by atoms with Gasteiger partial charge in [0.2, 0.25) is 4.75 Å². The molecule has 0 aliphatic carbocycles. The van der Waals surface area contributed by atoms with Crippen molar-refractivity contribution >= 4 is 22.1 Å². The Morgan fingerprint density at radius 3 is 1.67 bits per heavy atom. The van der Waals surface area contributed by atoms with Crippen LogP contribution in [0.1, 0.15) is 84.5 Å². The van der Waals surface area contributed by atoms with Crippen molar-refractivity contribution in [2.75, 3.05) is 6.61 Å². The van der Waals surface area contributed by atoms with E-state index in [1.807, 2.05) is 0 Å². The van der Waals surface area contributed by atoms with Gasteiger partial charge in [-0.2, -0.15) is 8.42 Å². The SMILES string of the molecule is CCCCCCCCCCCCC(C(=O)O)(C(OCC)C(=O)O)S(=O)(=O)O. The van der Waals surface area contributed by atoms with Gasteiger partial charge in [0.25, 0.3) is 10.1 Å². The highest BCUT2D eigenvalue weighted by atomic mass is 32.2. The zero-order valence-electron chi connectivity index (χ0n) is 16.4. The molecule has 0 bridgehead atoms. The number of carbonyl (C=O) groups is 2. The van der Waals surface area contributed by atoms with Gasteiger partial charge in [-0.15, -0.1) is 0 Å². The van der Waals surface area contributed by atoms with Gasteiger partial charge in [0.05, 0.1) is 0 Å². The number of unbranched alkanes of at least 4 members (excludes halogenated alkanes) is 9. The van der Waals surface area contributed by atoms with E-state index in [9.17, 15) is 32.8 Å². The highest BCUT2D eigenvalue weighted by Gasteiger charge is 2.60. The monoisotopic (exact) mass is 410 g/mol. The lowest BCUT2D eigenvalue weighted by Crippen LogP contribution is -2.59. The first-order valence-electron chi connectivity index (χ1n) is 9.69. The van der Waals surface area contributed by atoms with Gasteiger partial charge in [0, 0.05) is 6.61 Å². The van der Waals surface area contributed by atoms with E-state index in [0.717, 1.165) is 25.7 Å². The molecule has 2 unspecified atom stereocenters. The van der Waals surface area contributed by atoms with Crippen molar-refractivity contribution < 1.29 is 37.5 Å². The second-order valence-corrected chi connectivity index (χ2v) is 8.45. The van der Waals surface area contributed by atoms with Crippen LogP contribution in [0.3, 0.4) is 0 Å². The van der Waals surface area contributed by atoms with Crippen molar-refractivity contribution in [1.29, 1.82) is 0 Å². The lowest BCUT2D eigenvalue weighted by atomic mass is 9.93. The molecule has 0 radical (unpaired) electrons. The quantitative estimate of drug-likeness (QED) is 0.245. The van der Waals surface area contributed by atoms with E-state index in [1.54, 1.807) is 0 Å². The summed E-state index contributed by atoms with van der Waals surface area (Å²) in [5.74, 6) is -3.65. The summed E-state index contributed by atoms with van der Waals surface area (Å²) in [6, 6.07) is 0. The molecule has 160 valence electrons. The van der Waals surface area contributed by atoms with Gasteiger partial charge in [-0.25, -0.2) is 4.79 Å². The van der Waals surface area contributed by atoms with Gasteiger partial charge in [0.15, 0.2) is 6.10 Å². The minimum Gasteiger partial charge on any atom is -0.480 e. The van der Waals surface area contributed by atoms with Gasteiger partial charge in [-0.05, 0) is 13.3 Å². The van der Waals surface area contributed by atoms with Crippen LogP contribution in [0.2, 0.25) is 0 Å². The van der Waals surface area contributed by atoms with Crippen molar-refractivity contribution in [2.24, 2.45) is 0 Å². The predicted molar refractivity (Wildman–Crippen MR) is 101 cm³/mol. The van der Waals surface area contributed by atoms with E-state index in [0.29, 0.717) is 6.42 Å². The van der Waals surface area contributed by atoms with Crippen LogP contribution in [0.15, 0.2) is 0 Å². The van der Waals surface area contributed by atoms with Crippen LogP contribution >= 0.6 is 0 Å².